The molecule has 0 spiro atoms. The predicted molar refractivity (Wildman–Crippen MR) is 135 cm³/mol. The molecule has 1 aromatic carbocycles. The van der Waals surface area contributed by atoms with Gasteiger partial charge in [0.25, 0.3) is 0 Å². The molecule has 11 heteroatoms. The number of anilines is 2. The maximum atomic E-state index is 13.2. The Morgan fingerprint density at radius 3 is 2.31 bits per heavy atom. The number of hydrogen-bond acceptors (Lipinski definition) is 7. The summed E-state index contributed by atoms with van der Waals surface area (Å²) >= 11 is 0. The molecule has 192 valence electrons. The maximum Gasteiger partial charge on any atom is 0.320 e. The van der Waals surface area contributed by atoms with E-state index in [-0.39, 0.29) is 12.1 Å². The minimum atomic E-state index is -0.241. The lowest BCUT2D eigenvalue weighted by Crippen LogP contribution is -2.49. The van der Waals surface area contributed by atoms with Crippen LogP contribution >= 0.6 is 0 Å². The Labute approximate surface area is 210 Å². The number of nitrogens with one attached hydrogen (secondary N) is 2. The minimum Gasteiger partial charge on any atom is -0.378 e. The van der Waals surface area contributed by atoms with E-state index in [1.165, 1.54) is 0 Å². The fourth-order valence-electron chi connectivity index (χ4n) is 4.73. The van der Waals surface area contributed by atoms with E-state index in [9.17, 15) is 9.59 Å². The largest absolute Gasteiger partial charge is 0.378 e. The first kappa shape index (κ1) is 24.3. The van der Waals surface area contributed by atoms with Crippen LogP contribution in [0.3, 0.4) is 0 Å². The normalized spacial score (nSPS) is 18.0. The van der Waals surface area contributed by atoms with Crippen LogP contribution < -0.4 is 15.5 Å². The molecule has 0 atom stereocenters. The van der Waals surface area contributed by atoms with Crippen LogP contribution in [-0.2, 0) is 22.4 Å². The van der Waals surface area contributed by atoms with Gasteiger partial charge in [0.05, 0.1) is 38.7 Å². The Kier molecular flexibility index (Phi) is 7.47. The molecule has 3 aliphatic heterocycles. The van der Waals surface area contributed by atoms with Crippen molar-refractivity contribution in [1.82, 2.24) is 25.1 Å². The van der Waals surface area contributed by atoms with Gasteiger partial charge in [-0.15, -0.1) is 0 Å². The molecule has 2 aromatic rings. The molecule has 11 nitrogen and oxygen atoms in total. The van der Waals surface area contributed by atoms with Gasteiger partial charge in [-0.05, 0) is 37.6 Å². The van der Waals surface area contributed by atoms with Crippen molar-refractivity contribution >= 4 is 23.6 Å². The topological polar surface area (TPSA) is 112 Å². The number of ether oxygens (including phenoxy) is 2. The molecule has 0 bridgehead atoms. The van der Waals surface area contributed by atoms with Gasteiger partial charge >= 0.3 is 12.1 Å². The zero-order chi connectivity index (χ0) is 24.9. The highest BCUT2D eigenvalue weighted by molar-refractivity contribution is 5.89. The number of rotatable bonds is 4. The second-order valence-corrected chi connectivity index (χ2v) is 9.01. The third-order valence-electron chi connectivity index (χ3n) is 6.64. The first-order valence-electron chi connectivity index (χ1n) is 12.6. The van der Waals surface area contributed by atoms with E-state index in [1.54, 1.807) is 0 Å². The summed E-state index contributed by atoms with van der Waals surface area (Å²) in [7, 11) is 0. The lowest BCUT2D eigenvalue weighted by atomic mass is 10.0. The van der Waals surface area contributed by atoms with Crippen LogP contribution in [0.5, 0.6) is 0 Å². The fraction of sp³-hybridized carbons (Fsp3) is 0.520. The van der Waals surface area contributed by atoms with Crippen molar-refractivity contribution in [1.29, 1.82) is 0 Å². The van der Waals surface area contributed by atoms with E-state index in [1.807, 2.05) is 41.0 Å². The summed E-state index contributed by atoms with van der Waals surface area (Å²) in [6.45, 7) is 8.79. The molecule has 2 saturated heterocycles. The van der Waals surface area contributed by atoms with Crippen molar-refractivity contribution < 1.29 is 19.1 Å². The van der Waals surface area contributed by atoms with Gasteiger partial charge < -0.3 is 34.8 Å². The number of morpholine rings is 2. The van der Waals surface area contributed by atoms with Crippen LogP contribution in [0.1, 0.15) is 18.2 Å². The lowest BCUT2D eigenvalue weighted by molar-refractivity contribution is 0.0420. The summed E-state index contributed by atoms with van der Waals surface area (Å²) in [5, 5.41) is 5.54. The van der Waals surface area contributed by atoms with Gasteiger partial charge in [0.2, 0.25) is 0 Å². The van der Waals surface area contributed by atoms with Crippen LogP contribution in [-0.4, -0.2) is 97.5 Å². The van der Waals surface area contributed by atoms with Crippen LogP contribution in [0.2, 0.25) is 0 Å². The molecule has 4 amide bonds. The van der Waals surface area contributed by atoms with Crippen LogP contribution in [0.15, 0.2) is 24.3 Å². The second kappa shape index (κ2) is 11.1. The van der Waals surface area contributed by atoms with E-state index < -0.39 is 0 Å². The molecule has 0 radical (unpaired) electrons. The van der Waals surface area contributed by atoms with Crippen LogP contribution in [0.25, 0.3) is 11.4 Å². The average Bonchev–Trinajstić information content (AvgIpc) is 2.93. The monoisotopic (exact) mass is 495 g/mol. The smallest absolute Gasteiger partial charge is 0.320 e. The van der Waals surface area contributed by atoms with E-state index in [4.69, 9.17) is 19.4 Å². The van der Waals surface area contributed by atoms with Crippen molar-refractivity contribution in [2.45, 2.75) is 19.9 Å². The van der Waals surface area contributed by atoms with Gasteiger partial charge in [-0.3, -0.25) is 0 Å². The van der Waals surface area contributed by atoms with Crippen molar-refractivity contribution in [3.05, 3.63) is 35.5 Å². The van der Waals surface area contributed by atoms with E-state index in [0.717, 1.165) is 35.7 Å². The number of carbonyl (C=O) groups excluding carboxylic acids is 2. The first-order valence-corrected chi connectivity index (χ1v) is 12.6. The van der Waals surface area contributed by atoms with Gasteiger partial charge in [0, 0.05) is 56.1 Å². The number of urea groups is 2. The first-order chi connectivity index (χ1) is 17.6. The number of hydrogen-bond donors (Lipinski definition) is 2. The quantitative estimate of drug-likeness (QED) is 0.667. The Morgan fingerprint density at radius 2 is 1.61 bits per heavy atom. The van der Waals surface area contributed by atoms with Crippen molar-refractivity contribution in [2.75, 3.05) is 75.9 Å². The van der Waals surface area contributed by atoms with Crippen LogP contribution in [0, 0.1) is 0 Å². The van der Waals surface area contributed by atoms with Crippen molar-refractivity contribution in [3.63, 3.8) is 0 Å². The number of nitrogens with zero attached hydrogens (tertiary/aromatic N) is 5. The molecule has 2 fully saturated rings. The number of aromatic nitrogens is 2. The molecule has 1 aromatic heterocycles. The van der Waals surface area contributed by atoms with E-state index in [0.29, 0.717) is 77.1 Å². The summed E-state index contributed by atoms with van der Waals surface area (Å²) in [5.41, 5.74) is 3.55. The summed E-state index contributed by atoms with van der Waals surface area (Å²) < 4.78 is 11.0. The highest BCUT2D eigenvalue weighted by Gasteiger charge is 2.30. The number of carbonyl (C=O) groups is 2. The average molecular weight is 496 g/mol. The standard InChI is InChI=1S/C25H33N7O4/c1-2-26-24(33)27-19-5-3-18(4-6-19)22-28-21-17-32(25(34)31-11-15-36-16-12-31)8-7-20(21)23(29-22)30-9-13-35-14-10-30/h3-6H,2,7-17H2,1H3,(H2,26,27,33). The molecule has 3 aliphatic rings. The number of benzene rings is 1. The summed E-state index contributed by atoms with van der Waals surface area (Å²) in [5.74, 6) is 1.54. The molecule has 0 unspecified atom stereocenters. The van der Waals surface area contributed by atoms with Gasteiger partial charge in [0.15, 0.2) is 5.82 Å². The van der Waals surface area contributed by atoms with Gasteiger partial charge in [-0.2, -0.15) is 0 Å². The molecule has 2 N–H and O–H groups in total. The fourth-order valence-corrected chi connectivity index (χ4v) is 4.73. The second-order valence-electron chi connectivity index (χ2n) is 9.01. The molecule has 36 heavy (non-hydrogen) atoms. The van der Waals surface area contributed by atoms with E-state index >= 15 is 0 Å². The van der Waals surface area contributed by atoms with Gasteiger partial charge in [-0.25, -0.2) is 19.6 Å². The maximum absolute atomic E-state index is 13.2. The molecule has 4 heterocycles. The lowest BCUT2D eigenvalue weighted by Gasteiger charge is -2.37. The highest BCUT2D eigenvalue weighted by atomic mass is 16.5. The number of fused-ring (bicyclic) bond motifs is 1. The van der Waals surface area contributed by atoms with Crippen LogP contribution in [0.4, 0.5) is 21.1 Å². The molecule has 0 aliphatic carbocycles. The third-order valence-corrected chi connectivity index (χ3v) is 6.64. The Morgan fingerprint density at radius 1 is 0.917 bits per heavy atom. The van der Waals surface area contributed by atoms with Gasteiger partial charge in [0.1, 0.15) is 5.82 Å². The zero-order valence-corrected chi connectivity index (χ0v) is 20.7. The molecule has 5 rings (SSSR count). The van der Waals surface area contributed by atoms with Crippen molar-refractivity contribution in [3.8, 4) is 11.4 Å². The Bertz CT molecular complexity index is 1080. The zero-order valence-electron chi connectivity index (χ0n) is 20.7. The molecular formula is C25H33N7O4. The summed E-state index contributed by atoms with van der Waals surface area (Å²) in [6.07, 6.45) is 0.716. The molecular weight excluding hydrogens is 462 g/mol. The van der Waals surface area contributed by atoms with Gasteiger partial charge in [-0.1, -0.05) is 0 Å². The number of amides is 4. The summed E-state index contributed by atoms with van der Waals surface area (Å²) in [4.78, 5) is 40.9. The molecule has 0 saturated carbocycles. The Balaban J connectivity index is 1.42. The SMILES string of the molecule is CCNC(=O)Nc1ccc(-c2nc3c(c(N4CCOCC4)n2)CCN(C(=O)N2CCOCC2)C3)cc1. The van der Waals surface area contributed by atoms with E-state index in [2.05, 4.69) is 15.5 Å². The third kappa shape index (κ3) is 5.36. The summed E-state index contributed by atoms with van der Waals surface area (Å²) in [6, 6.07) is 7.30. The predicted octanol–water partition coefficient (Wildman–Crippen LogP) is 1.93. The van der Waals surface area contributed by atoms with Crippen molar-refractivity contribution in [2.24, 2.45) is 0 Å². The highest BCUT2D eigenvalue weighted by Crippen LogP contribution is 2.31. The Hall–Kier alpha value is -3.44. The minimum absolute atomic E-state index is 0.0396.